The van der Waals surface area contributed by atoms with Crippen molar-refractivity contribution in [2.75, 3.05) is 26.2 Å². The molecule has 2 aromatic rings. The topological polar surface area (TPSA) is 70.2 Å². The molecule has 1 aliphatic carbocycles. The van der Waals surface area contributed by atoms with Crippen molar-refractivity contribution >= 4 is 29.1 Å². The van der Waals surface area contributed by atoms with Gasteiger partial charge >= 0.3 is 0 Å². The second kappa shape index (κ2) is 9.58. The van der Waals surface area contributed by atoms with Gasteiger partial charge in [0.05, 0.1) is 27.5 Å². The number of hydrogen-bond donors (Lipinski definition) is 2. The van der Waals surface area contributed by atoms with Crippen LogP contribution in [-0.2, 0) is 0 Å². The van der Waals surface area contributed by atoms with Gasteiger partial charge in [0.2, 0.25) is 0 Å². The Kier molecular flexibility index (Phi) is 6.86. The number of ether oxygens (including phenoxy) is 1. The third-order valence-electron chi connectivity index (χ3n) is 5.81. The minimum Gasteiger partial charge on any atom is -0.490 e. The van der Waals surface area contributed by atoms with Crippen LogP contribution in [0.5, 0.6) is 5.75 Å². The van der Waals surface area contributed by atoms with Crippen LogP contribution in [0.3, 0.4) is 0 Å². The number of halogens is 2. The number of nitrogens with one attached hydrogen (secondary N) is 2. The number of H-pyrrole nitrogens is 1. The van der Waals surface area contributed by atoms with Crippen LogP contribution in [0.1, 0.15) is 54.6 Å². The second-order valence-electron chi connectivity index (χ2n) is 8.48. The van der Waals surface area contributed by atoms with Gasteiger partial charge in [0.25, 0.3) is 5.91 Å². The second-order valence-corrected chi connectivity index (χ2v) is 9.29. The quantitative estimate of drug-likeness (QED) is 0.620. The number of aromatic nitrogens is 2. The zero-order valence-electron chi connectivity index (χ0n) is 17.2. The largest absolute Gasteiger partial charge is 0.490 e. The Morgan fingerprint density at radius 1 is 1.27 bits per heavy atom. The Hall–Kier alpha value is -1.76. The minimum atomic E-state index is -0.0220. The highest BCUT2D eigenvalue weighted by molar-refractivity contribution is 6.42. The first kappa shape index (κ1) is 21.5. The molecule has 1 aliphatic heterocycles. The van der Waals surface area contributed by atoms with Gasteiger partial charge in [-0.05, 0) is 43.7 Å². The molecular weight excluding hydrogens is 423 g/mol. The van der Waals surface area contributed by atoms with E-state index in [9.17, 15) is 4.79 Å². The van der Waals surface area contributed by atoms with Crippen LogP contribution < -0.4 is 10.1 Å². The maximum atomic E-state index is 12.5. The number of likely N-dealkylation sites (tertiary alicyclic amines) is 1. The van der Waals surface area contributed by atoms with E-state index in [4.69, 9.17) is 27.9 Å². The summed E-state index contributed by atoms with van der Waals surface area (Å²) < 4.78 is 6.06. The van der Waals surface area contributed by atoms with Gasteiger partial charge in [-0.3, -0.25) is 9.89 Å². The normalized spacial score (nSPS) is 18.9. The molecule has 2 heterocycles. The molecule has 1 saturated carbocycles. The molecule has 2 N–H and O–H groups in total. The van der Waals surface area contributed by atoms with Gasteiger partial charge in [0.15, 0.2) is 0 Å². The molecule has 1 aromatic carbocycles. The average molecular weight is 451 g/mol. The number of rotatable bonds is 8. The predicted molar refractivity (Wildman–Crippen MR) is 119 cm³/mol. The number of piperidine rings is 1. The number of hydrogen-bond acceptors (Lipinski definition) is 4. The van der Waals surface area contributed by atoms with E-state index in [1.165, 1.54) is 0 Å². The van der Waals surface area contributed by atoms with Gasteiger partial charge in [0, 0.05) is 38.2 Å². The molecule has 0 radical (unpaired) electrons. The first-order valence-electron chi connectivity index (χ1n) is 10.6. The van der Waals surface area contributed by atoms with Crippen molar-refractivity contribution in [1.29, 1.82) is 0 Å². The van der Waals surface area contributed by atoms with Gasteiger partial charge in [-0.25, -0.2) is 0 Å². The third-order valence-corrected chi connectivity index (χ3v) is 6.55. The van der Waals surface area contributed by atoms with E-state index in [0.717, 1.165) is 56.8 Å². The highest BCUT2D eigenvalue weighted by atomic mass is 35.5. The van der Waals surface area contributed by atoms with Gasteiger partial charge in [-0.1, -0.05) is 30.1 Å². The monoisotopic (exact) mass is 450 g/mol. The third kappa shape index (κ3) is 5.48. The molecular formula is C22H28Cl2N4O2. The minimum absolute atomic E-state index is 0.0220. The maximum Gasteiger partial charge on any atom is 0.254 e. The first-order chi connectivity index (χ1) is 14.5. The van der Waals surface area contributed by atoms with Crippen LogP contribution in [0.15, 0.2) is 24.4 Å². The molecule has 0 bridgehead atoms. The summed E-state index contributed by atoms with van der Waals surface area (Å²) in [4.78, 5) is 14.9. The number of nitrogens with zero attached hydrogens (tertiary/aromatic N) is 2. The zero-order chi connectivity index (χ0) is 21.1. The Bertz CT molecular complexity index is 876. The molecule has 162 valence electrons. The number of aromatic amines is 1. The Balaban J connectivity index is 1.18. The van der Waals surface area contributed by atoms with Crippen molar-refractivity contribution in [2.45, 2.75) is 44.6 Å². The fourth-order valence-electron chi connectivity index (χ4n) is 3.98. The molecule has 1 saturated heterocycles. The summed E-state index contributed by atoms with van der Waals surface area (Å²) in [7, 11) is 0. The molecule has 0 unspecified atom stereocenters. The van der Waals surface area contributed by atoms with Crippen LogP contribution in [0.2, 0.25) is 10.0 Å². The highest BCUT2D eigenvalue weighted by Crippen LogP contribution is 2.40. The molecule has 1 aromatic heterocycles. The summed E-state index contributed by atoms with van der Waals surface area (Å²) in [5, 5.41) is 11.2. The zero-order valence-corrected chi connectivity index (χ0v) is 18.7. The van der Waals surface area contributed by atoms with Gasteiger partial charge in [-0.15, -0.1) is 0 Å². The molecule has 30 heavy (non-hydrogen) atoms. The van der Waals surface area contributed by atoms with Gasteiger partial charge in [-0.2, -0.15) is 5.10 Å². The molecule has 4 rings (SSSR count). The van der Waals surface area contributed by atoms with E-state index in [1.54, 1.807) is 18.3 Å². The first-order valence-corrected chi connectivity index (χ1v) is 11.4. The lowest BCUT2D eigenvalue weighted by molar-refractivity contribution is 0.0885. The summed E-state index contributed by atoms with van der Waals surface area (Å²) in [5.41, 5.74) is 1.69. The Morgan fingerprint density at radius 3 is 2.73 bits per heavy atom. The molecule has 8 heteroatoms. The summed E-state index contributed by atoms with van der Waals surface area (Å²) in [5.74, 6) is 1.60. The molecule has 1 amide bonds. The summed E-state index contributed by atoms with van der Waals surface area (Å²) in [6.45, 7) is 5.76. The molecule has 2 fully saturated rings. The van der Waals surface area contributed by atoms with E-state index in [0.29, 0.717) is 34.0 Å². The van der Waals surface area contributed by atoms with E-state index in [1.807, 2.05) is 6.07 Å². The van der Waals surface area contributed by atoms with Crippen LogP contribution >= 0.6 is 23.2 Å². The Labute approximate surface area is 187 Å². The lowest BCUT2D eigenvalue weighted by Gasteiger charge is -2.33. The van der Waals surface area contributed by atoms with Crippen molar-refractivity contribution < 1.29 is 9.53 Å². The van der Waals surface area contributed by atoms with Gasteiger partial charge < -0.3 is 15.0 Å². The smallest absolute Gasteiger partial charge is 0.254 e. The van der Waals surface area contributed by atoms with E-state index in [2.05, 4.69) is 27.3 Å². The van der Waals surface area contributed by atoms with Crippen LogP contribution in [0.25, 0.3) is 0 Å². The predicted octanol–water partition coefficient (Wildman–Crippen LogP) is 4.50. The lowest BCUT2D eigenvalue weighted by Crippen LogP contribution is -2.42. The molecule has 2 aliphatic rings. The van der Waals surface area contributed by atoms with Crippen molar-refractivity contribution in [1.82, 2.24) is 20.4 Å². The number of carbonyl (C=O) groups is 1. The van der Waals surface area contributed by atoms with Crippen LogP contribution in [-0.4, -0.2) is 53.3 Å². The lowest BCUT2D eigenvalue weighted by atomic mass is 10.0. The number of benzene rings is 1. The summed E-state index contributed by atoms with van der Waals surface area (Å²) >= 11 is 12.0. The SMILES string of the molecule is C[C@H](CNC(=O)c1cn[nH]c1C1CC1)CN1CCC(Oc2ccc(Cl)c(Cl)c2)CC1. The van der Waals surface area contributed by atoms with Crippen LogP contribution in [0.4, 0.5) is 0 Å². The fourth-order valence-corrected chi connectivity index (χ4v) is 4.27. The Morgan fingerprint density at radius 2 is 2.03 bits per heavy atom. The fraction of sp³-hybridized carbons (Fsp3) is 0.545. The van der Waals surface area contributed by atoms with E-state index >= 15 is 0 Å². The summed E-state index contributed by atoms with van der Waals surface area (Å²) in [6, 6.07) is 5.40. The van der Waals surface area contributed by atoms with Crippen LogP contribution in [0, 0.1) is 5.92 Å². The van der Waals surface area contributed by atoms with Crippen molar-refractivity contribution in [3.8, 4) is 5.75 Å². The molecule has 6 nitrogen and oxygen atoms in total. The van der Waals surface area contributed by atoms with E-state index < -0.39 is 0 Å². The van der Waals surface area contributed by atoms with Crippen molar-refractivity contribution in [2.24, 2.45) is 5.92 Å². The highest BCUT2D eigenvalue weighted by Gasteiger charge is 2.30. The molecule has 1 atom stereocenters. The molecule has 0 spiro atoms. The maximum absolute atomic E-state index is 12.5. The van der Waals surface area contributed by atoms with Crippen molar-refractivity contribution in [3.05, 3.63) is 45.7 Å². The van der Waals surface area contributed by atoms with E-state index in [-0.39, 0.29) is 12.0 Å². The standard InChI is InChI=1S/C22H28Cl2N4O2/c1-14(11-25-22(29)18-12-26-27-21(18)15-2-3-15)13-28-8-6-16(7-9-28)30-17-4-5-19(23)20(24)10-17/h4-5,10,12,14-16H,2-3,6-9,11,13H2,1H3,(H,25,29)(H,26,27)/t14-/m1/s1. The van der Waals surface area contributed by atoms with Crippen molar-refractivity contribution in [3.63, 3.8) is 0 Å². The van der Waals surface area contributed by atoms with Gasteiger partial charge in [0.1, 0.15) is 11.9 Å². The number of carbonyl (C=O) groups excluding carboxylic acids is 1. The summed E-state index contributed by atoms with van der Waals surface area (Å²) in [6.07, 6.45) is 6.06. The number of amides is 1. The average Bonchev–Trinajstić information content (AvgIpc) is 3.46.